The van der Waals surface area contributed by atoms with Crippen LogP contribution in [0.15, 0.2) is 23.0 Å². The summed E-state index contributed by atoms with van der Waals surface area (Å²) in [5.74, 6) is 0.671. The number of aromatic nitrogens is 2. The van der Waals surface area contributed by atoms with Crippen LogP contribution < -0.4 is 0 Å². The summed E-state index contributed by atoms with van der Waals surface area (Å²) in [7, 11) is 0. The average molecular weight is 389 g/mol. The number of aromatic amines is 1. The van der Waals surface area contributed by atoms with E-state index in [1.54, 1.807) is 11.3 Å². The van der Waals surface area contributed by atoms with Crippen molar-refractivity contribution < 1.29 is 5.11 Å². The molecule has 5 nitrogen and oxygen atoms in total. The molecule has 2 fully saturated rings. The van der Waals surface area contributed by atoms with Gasteiger partial charge in [0.1, 0.15) is 0 Å². The molecule has 0 spiro atoms. The number of hydrogen-bond acceptors (Lipinski definition) is 5. The van der Waals surface area contributed by atoms with E-state index in [-0.39, 0.29) is 6.61 Å². The summed E-state index contributed by atoms with van der Waals surface area (Å²) in [4.78, 5) is 5.10. The molecule has 2 aliphatic rings. The monoisotopic (exact) mass is 388 g/mol. The van der Waals surface area contributed by atoms with Crippen LogP contribution in [0.2, 0.25) is 0 Å². The Kier molecular flexibility index (Phi) is 6.60. The molecule has 1 unspecified atom stereocenters. The van der Waals surface area contributed by atoms with E-state index in [0.717, 1.165) is 39.1 Å². The van der Waals surface area contributed by atoms with Gasteiger partial charge in [0.05, 0.1) is 6.20 Å². The number of piperazine rings is 1. The third-order valence-corrected chi connectivity index (χ3v) is 7.01. The smallest absolute Gasteiger partial charge is 0.0535 e. The number of H-pyrrole nitrogens is 1. The van der Waals surface area contributed by atoms with Crippen molar-refractivity contribution in [3.8, 4) is 0 Å². The Hall–Kier alpha value is -1.21. The number of hydrogen-bond donors (Lipinski definition) is 2. The van der Waals surface area contributed by atoms with Crippen LogP contribution in [0.25, 0.3) is 0 Å². The standard InChI is InChI=1S/C21H32N4OS/c26-10-6-20-15-24(8-9-25(20)13-17-7-11-27-16-17)14-19-12-22-23-21(19)18-4-2-1-3-5-18/h7,11-12,16,18,20,26H,1-6,8-10,13-15H2,(H,22,23). The van der Waals surface area contributed by atoms with E-state index in [9.17, 15) is 5.11 Å². The molecule has 4 rings (SSSR count). The predicted octanol–water partition coefficient (Wildman–Crippen LogP) is 3.59. The summed E-state index contributed by atoms with van der Waals surface area (Å²) >= 11 is 1.76. The molecule has 3 heterocycles. The second-order valence-corrected chi connectivity index (χ2v) is 8.93. The van der Waals surface area contributed by atoms with E-state index in [1.807, 2.05) is 6.20 Å². The lowest BCUT2D eigenvalue weighted by molar-refractivity contribution is 0.0498. The van der Waals surface area contributed by atoms with Crippen LogP contribution in [0.4, 0.5) is 0 Å². The van der Waals surface area contributed by atoms with Gasteiger partial charge in [-0.15, -0.1) is 0 Å². The Morgan fingerprint density at radius 1 is 1.19 bits per heavy atom. The van der Waals surface area contributed by atoms with Crippen LogP contribution >= 0.6 is 11.3 Å². The number of aliphatic hydroxyl groups is 1. The number of nitrogens with one attached hydrogen (secondary N) is 1. The van der Waals surface area contributed by atoms with E-state index in [2.05, 4.69) is 36.8 Å². The largest absolute Gasteiger partial charge is 0.396 e. The van der Waals surface area contributed by atoms with E-state index < -0.39 is 0 Å². The van der Waals surface area contributed by atoms with Gasteiger partial charge in [-0.25, -0.2) is 0 Å². The minimum absolute atomic E-state index is 0.262. The molecular weight excluding hydrogens is 356 g/mol. The van der Waals surface area contributed by atoms with Crippen molar-refractivity contribution in [1.29, 1.82) is 0 Å². The molecule has 148 valence electrons. The maximum atomic E-state index is 9.56. The molecule has 2 aromatic rings. The first-order chi connectivity index (χ1) is 13.3. The van der Waals surface area contributed by atoms with Gasteiger partial charge in [-0.05, 0) is 41.7 Å². The van der Waals surface area contributed by atoms with Gasteiger partial charge in [0.2, 0.25) is 0 Å². The molecule has 1 saturated carbocycles. The highest BCUT2D eigenvalue weighted by atomic mass is 32.1. The van der Waals surface area contributed by atoms with Gasteiger partial charge in [0, 0.05) is 62.5 Å². The number of rotatable bonds is 7. The molecule has 1 atom stereocenters. The van der Waals surface area contributed by atoms with Crippen molar-refractivity contribution in [3.05, 3.63) is 39.8 Å². The molecular formula is C21H32N4OS. The highest BCUT2D eigenvalue weighted by molar-refractivity contribution is 7.07. The van der Waals surface area contributed by atoms with Crippen LogP contribution in [-0.2, 0) is 13.1 Å². The number of nitrogens with zero attached hydrogens (tertiary/aromatic N) is 3. The average Bonchev–Trinajstić information content (AvgIpc) is 3.37. The first-order valence-corrected chi connectivity index (χ1v) is 11.4. The Morgan fingerprint density at radius 3 is 2.85 bits per heavy atom. The van der Waals surface area contributed by atoms with Gasteiger partial charge in [-0.3, -0.25) is 14.9 Å². The quantitative estimate of drug-likeness (QED) is 0.761. The van der Waals surface area contributed by atoms with Crippen molar-refractivity contribution in [2.24, 2.45) is 0 Å². The zero-order chi connectivity index (χ0) is 18.5. The molecule has 2 N–H and O–H groups in total. The second kappa shape index (κ2) is 9.32. The fourth-order valence-electron chi connectivity index (χ4n) is 4.78. The number of aliphatic hydroxyl groups excluding tert-OH is 1. The van der Waals surface area contributed by atoms with Crippen LogP contribution in [0.1, 0.15) is 61.3 Å². The topological polar surface area (TPSA) is 55.4 Å². The van der Waals surface area contributed by atoms with Crippen LogP contribution in [0.5, 0.6) is 0 Å². The Labute approximate surface area is 166 Å². The summed E-state index contributed by atoms with van der Waals surface area (Å²) in [6.45, 7) is 5.42. The fourth-order valence-corrected chi connectivity index (χ4v) is 5.44. The molecule has 1 aliphatic heterocycles. The van der Waals surface area contributed by atoms with E-state index in [0.29, 0.717) is 12.0 Å². The van der Waals surface area contributed by atoms with E-state index >= 15 is 0 Å². The fraction of sp³-hybridized carbons (Fsp3) is 0.667. The molecule has 0 bridgehead atoms. The first-order valence-electron chi connectivity index (χ1n) is 10.4. The molecule has 1 saturated heterocycles. The minimum Gasteiger partial charge on any atom is -0.396 e. The summed E-state index contributed by atoms with van der Waals surface area (Å²) in [5, 5.41) is 21.6. The van der Waals surface area contributed by atoms with Crippen LogP contribution in [0, 0.1) is 0 Å². The third kappa shape index (κ3) is 4.80. The molecule has 27 heavy (non-hydrogen) atoms. The van der Waals surface area contributed by atoms with Crippen molar-refractivity contribution in [1.82, 2.24) is 20.0 Å². The highest BCUT2D eigenvalue weighted by Crippen LogP contribution is 2.33. The van der Waals surface area contributed by atoms with Gasteiger partial charge in [0.25, 0.3) is 0 Å². The summed E-state index contributed by atoms with van der Waals surface area (Å²) in [5.41, 5.74) is 4.16. The van der Waals surface area contributed by atoms with Gasteiger partial charge < -0.3 is 5.11 Å². The van der Waals surface area contributed by atoms with Gasteiger partial charge >= 0.3 is 0 Å². The third-order valence-electron chi connectivity index (χ3n) is 6.28. The highest BCUT2D eigenvalue weighted by Gasteiger charge is 2.28. The molecule has 2 aromatic heterocycles. The van der Waals surface area contributed by atoms with Gasteiger partial charge in [-0.1, -0.05) is 19.3 Å². The van der Waals surface area contributed by atoms with Crippen molar-refractivity contribution in [3.63, 3.8) is 0 Å². The molecule has 0 amide bonds. The summed E-state index contributed by atoms with van der Waals surface area (Å²) in [6.07, 6.45) is 9.58. The maximum Gasteiger partial charge on any atom is 0.0535 e. The minimum atomic E-state index is 0.262. The maximum absolute atomic E-state index is 9.56. The normalized spacial score (nSPS) is 23.1. The lowest BCUT2D eigenvalue weighted by atomic mass is 9.85. The van der Waals surface area contributed by atoms with E-state index in [4.69, 9.17) is 0 Å². The lowest BCUT2D eigenvalue weighted by Crippen LogP contribution is -2.52. The second-order valence-electron chi connectivity index (χ2n) is 8.15. The Bertz CT molecular complexity index is 680. The van der Waals surface area contributed by atoms with Crippen molar-refractivity contribution >= 4 is 11.3 Å². The molecule has 0 radical (unpaired) electrons. The SMILES string of the molecule is OCCC1CN(Cc2cn[nH]c2C2CCCCC2)CCN1Cc1ccsc1. The Morgan fingerprint density at radius 2 is 2.07 bits per heavy atom. The lowest BCUT2D eigenvalue weighted by Gasteiger charge is -2.41. The predicted molar refractivity (Wildman–Crippen MR) is 110 cm³/mol. The molecule has 1 aliphatic carbocycles. The summed E-state index contributed by atoms with van der Waals surface area (Å²) < 4.78 is 0. The van der Waals surface area contributed by atoms with Gasteiger partial charge in [-0.2, -0.15) is 16.4 Å². The van der Waals surface area contributed by atoms with Crippen molar-refractivity contribution in [2.75, 3.05) is 26.2 Å². The van der Waals surface area contributed by atoms with Crippen LogP contribution in [-0.4, -0.2) is 57.4 Å². The van der Waals surface area contributed by atoms with E-state index in [1.165, 1.54) is 48.9 Å². The molecule has 6 heteroatoms. The van der Waals surface area contributed by atoms with Crippen LogP contribution in [0.3, 0.4) is 0 Å². The Balaban J connectivity index is 1.38. The van der Waals surface area contributed by atoms with Gasteiger partial charge in [0.15, 0.2) is 0 Å². The zero-order valence-corrected chi connectivity index (χ0v) is 17.0. The first kappa shape index (κ1) is 19.1. The summed E-state index contributed by atoms with van der Waals surface area (Å²) in [6, 6.07) is 2.64. The number of thiophene rings is 1. The zero-order valence-electron chi connectivity index (χ0n) is 16.1. The molecule has 0 aromatic carbocycles. The van der Waals surface area contributed by atoms with Crippen molar-refractivity contribution in [2.45, 2.75) is 63.6 Å².